The Bertz CT molecular complexity index is 731. The largest absolute Gasteiger partial charge is 0.326 e. The van der Waals surface area contributed by atoms with Crippen molar-refractivity contribution in [3.63, 3.8) is 0 Å². The van der Waals surface area contributed by atoms with Crippen LogP contribution in [0.15, 0.2) is 59.6 Å². The number of anilines is 2. The summed E-state index contributed by atoms with van der Waals surface area (Å²) in [6.45, 7) is 0. The summed E-state index contributed by atoms with van der Waals surface area (Å²) in [5.41, 5.74) is 2.02. The number of para-hydroxylation sites is 2. The summed E-state index contributed by atoms with van der Waals surface area (Å²) in [5.74, 6) is 0.764. The van der Waals surface area contributed by atoms with Crippen LogP contribution in [0, 0.1) is 0 Å². The lowest BCUT2D eigenvalue weighted by Crippen LogP contribution is -2.32. The second-order valence-corrected chi connectivity index (χ2v) is 5.57. The molecule has 2 aromatic carbocycles. The summed E-state index contributed by atoms with van der Waals surface area (Å²) in [4.78, 5) is 10.9. The molecule has 0 amide bonds. The number of hydrogen-bond donors (Lipinski definition) is 1. The molecule has 1 heterocycles. The molecule has 5 heteroatoms. The van der Waals surface area contributed by atoms with E-state index in [9.17, 15) is 0 Å². The molecule has 0 saturated carbocycles. The highest BCUT2D eigenvalue weighted by Crippen LogP contribution is 2.28. The van der Waals surface area contributed by atoms with Gasteiger partial charge in [-0.1, -0.05) is 41.7 Å². The number of aliphatic imine (C=N–C) groups is 1. The Kier molecular flexibility index (Phi) is 3.83. The molecule has 0 bridgehead atoms. The minimum atomic E-state index is 0.764. The van der Waals surface area contributed by atoms with Gasteiger partial charge in [-0.05, 0) is 24.3 Å². The molecule has 4 nitrogen and oxygen atoms in total. The van der Waals surface area contributed by atoms with Crippen LogP contribution in [0.3, 0.4) is 0 Å². The first-order valence-corrected chi connectivity index (χ1v) is 7.48. The number of aromatic nitrogens is 1. The van der Waals surface area contributed by atoms with E-state index < -0.39 is 0 Å². The number of benzene rings is 2. The van der Waals surface area contributed by atoms with Crippen molar-refractivity contribution in [2.45, 2.75) is 0 Å². The molecular formula is C16H16N4S. The number of rotatable bonds is 2. The number of nitrogens with one attached hydrogen (secondary N) is 1. The zero-order valence-electron chi connectivity index (χ0n) is 11.9. The third kappa shape index (κ3) is 2.87. The van der Waals surface area contributed by atoms with Gasteiger partial charge in [0.05, 0.1) is 10.2 Å². The van der Waals surface area contributed by atoms with Crippen LogP contribution in [0.4, 0.5) is 10.8 Å². The Morgan fingerprint density at radius 2 is 1.81 bits per heavy atom. The molecule has 0 aliphatic carbocycles. The Morgan fingerprint density at radius 3 is 2.52 bits per heavy atom. The van der Waals surface area contributed by atoms with E-state index in [-0.39, 0.29) is 0 Å². The van der Waals surface area contributed by atoms with Gasteiger partial charge in [0.1, 0.15) is 0 Å². The standard InChI is InChI=1S/C16H16N4S/c1-17-15(18-12-8-4-3-5-9-12)20(2)16-19-13-10-6-7-11-14(13)21-16/h3-11H,1-2H3,(H,17,18). The number of nitrogens with zero attached hydrogens (tertiary/aromatic N) is 3. The van der Waals surface area contributed by atoms with Crippen LogP contribution in [0.1, 0.15) is 0 Å². The lowest BCUT2D eigenvalue weighted by atomic mass is 10.3. The lowest BCUT2D eigenvalue weighted by molar-refractivity contribution is 1.19. The second kappa shape index (κ2) is 5.93. The first-order valence-electron chi connectivity index (χ1n) is 6.66. The third-order valence-electron chi connectivity index (χ3n) is 3.13. The van der Waals surface area contributed by atoms with Crippen LogP contribution in [0.2, 0.25) is 0 Å². The normalized spacial score (nSPS) is 11.6. The molecule has 21 heavy (non-hydrogen) atoms. The van der Waals surface area contributed by atoms with Crippen molar-refractivity contribution in [1.29, 1.82) is 0 Å². The van der Waals surface area contributed by atoms with Crippen LogP contribution < -0.4 is 10.2 Å². The van der Waals surface area contributed by atoms with E-state index in [0.29, 0.717) is 0 Å². The maximum absolute atomic E-state index is 4.65. The van der Waals surface area contributed by atoms with E-state index in [2.05, 4.69) is 21.4 Å². The number of guanidine groups is 1. The molecular weight excluding hydrogens is 280 g/mol. The van der Waals surface area contributed by atoms with E-state index in [4.69, 9.17) is 0 Å². The molecule has 0 aliphatic heterocycles. The number of fused-ring (bicyclic) bond motifs is 1. The molecule has 106 valence electrons. The third-order valence-corrected chi connectivity index (χ3v) is 4.24. The fourth-order valence-electron chi connectivity index (χ4n) is 2.03. The fourth-order valence-corrected chi connectivity index (χ4v) is 2.96. The van der Waals surface area contributed by atoms with Gasteiger partial charge in [-0.2, -0.15) is 0 Å². The monoisotopic (exact) mass is 296 g/mol. The van der Waals surface area contributed by atoms with Crippen LogP contribution in [0.25, 0.3) is 10.2 Å². The molecule has 0 unspecified atom stereocenters. The summed E-state index contributed by atoms with van der Waals surface area (Å²) >= 11 is 1.65. The maximum Gasteiger partial charge on any atom is 0.204 e. The molecule has 0 atom stereocenters. The number of hydrogen-bond acceptors (Lipinski definition) is 3. The SMILES string of the molecule is CN=C(Nc1ccccc1)N(C)c1nc2ccccc2s1. The molecule has 0 saturated heterocycles. The molecule has 1 aromatic heterocycles. The van der Waals surface area contributed by atoms with Crippen molar-refractivity contribution in [3.8, 4) is 0 Å². The minimum absolute atomic E-state index is 0.764. The predicted molar refractivity (Wildman–Crippen MR) is 91.4 cm³/mol. The van der Waals surface area contributed by atoms with Gasteiger partial charge in [0.2, 0.25) is 5.96 Å². The molecule has 0 fully saturated rings. The van der Waals surface area contributed by atoms with E-state index in [1.165, 1.54) is 4.70 Å². The van der Waals surface area contributed by atoms with E-state index in [1.807, 2.05) is 60.5 Å². The fraction of sp³-hybridized carbons (Fsp3) is 0.125. The summed E-state index contributed by atoms with van der Waals surface area (Å²) in [6, 6.07) is 18.1. The van der Waals surface area contributed by atoms with Crippen LogP contribution >= 0.6 is 11.3 Å². The van der Waals surface area contributed by atoms with Crippen LogP contribution in [0.5, 0.6) is 0 Å². The van der Waals surface area contributed by atoms with Gasteiger partial charge in [0, 0.05) is 19.8 Å². The van der Waals surface area contributed by atoms with Crippen molar-refractivity contribution in [1.82, 2.24) is 4.98 Å². The van der Waals surface area contributed by atoms with Crippen LogP contribution in [-0.4, -0.2) is 25.0 Å². The van der Waals surface area contributed by atoms with Crippen molar-refractivity contribution in [2.75, 3.05) is 24.3 Å². The Hall–Kier alpha value is -2.40. The zero-order valence-corrected chi connectivity index (χ0v) is 12.8. The van der Waals surface area contributed by atoms with E-state index in [0.717, 1.165) is 22.3 Å². The Morgan fingerprint density at radius 1 is 1.10 bits per heavy atom. The van der Waals surface area contributed by atoms with Crippen molar-refractivity contribution in [2.24, 2.45) is 4.99 Å². The van der Waals surface area contributed by atoms with Crippen molar-refractivity contribution < 1.29 is 0 Å². The van der Waals surface area contributed by atoms with Gasteiger partial charge < -0.3 is 5.32 Å². The number of thiazole rings is 1. The van der Waals surface area contributed by atoms with Gasteiger partial charge >= 0.3 is 0 Å². The maximum atomic E-state index is 4.65. The molecule has 0 spiro atoms. The van der Waals surface area contributed by atoms with Gasteiger partial charge in [0.15, 0.2) is 5.13 Å². The topological polar surface area (TPSA) is 40.5 Å². The first-order chi connectivity index (χ1) is 10.3. The van der Waals surface area contributed by atoms with Gasteiger partial charge in [-0.25, -0.2) is 4.98 Å². The highest BCUT2D eigenvalue weighted by Gasteiger charge is 2.13. The van der Waals surface area contributed by atoms with Crippen molar-refractivity contribution in [3.05, 3.63) is 54.6 Å². The lowest BCUT2D eigenvalue weighted by Gasteiger charge is -2.19. The molecule has 0 radical (unpaired) electrons. The quantitative estimate of drug-likeness (QED) is 0.577. The smallest absolute Gasteiger partial charge is 0.204 e. The van der Waals surface area contributed by atoms with Gasteiger partial charge in [-0.3, -0.25) is 9.89 Å². The summed E-state index contributed by atoms with van der Waals surface area (Å²) < 4.78 is 1.18. The van der Waals surface area contributed by atoms with Gasteiger partial charge in [-0.15, -0.1) is 0 Å². The predicted octanol–water partition coefficient (Wildman–Crippen LogP) is 3.83. The summed E-state index contributed by atoms with van der Waals surface area (Å²) in [6.07, 6.45) is 0. The molecule has 1 N–H and O–H groups in total. The molecule has 3 aromatic rings. The highest BCUT2D eigenvalue weighted by atomic mass is 32.1. The second-order valence-electron chi connectivity index (χ2n) is 4.56. The Balaban J connectivity index is 1.86. The highest BCUT2D eigenvalue weighted by molar-refractivity contribution is 7.22. The first kappa shape index (κ1) is 13.6. The van der Waals surface area contributed by atoms with Gasteiger partial charge in [0.25, 0.3) is 0 Å². The minimum Gasteiger partial charge on any atom is -0.326 e. The molecule has 3 rings (SSSR count). The summed E-state index contributed by atoms with van der Waals surface area (Å²) in [5, 5.41) is 4.23. The van der Waals surface area contributed by atoms with E-state index in [1.54, 1.807) is 18.4 Å². The zero-order chi connectivity index (χ0) is 14.7. The molecule has 0 aliphatic rings. The van der Waals surface area contributed by atoms with E-state index >= 15 is 0 Å². The van der Waals surface area contributed by atoms with Crippen molar-refractivity contribution >= 4 is 38.3 Å². The Labute approximate surface area is 127 Å². The summed E-state index contributed by atoms with van der Waals surface area (Å²) in [7, 11) is 3.74. The average Bonchev–Trinajstić information content (AvgIpc) is 2.97. The average molecular weight is 296 g/mol. The van der Waals surface area contributed by atoms with Crippen LogP contribution in [-0.2, 0) is 0 Å².